The predicted octanol–water partition coefficient (Wildman–Crippen LogP) is 2.32. The molecule has 20 heavy (non-hydrogen) atoms. The monoisotopic (exact) mass is 272 g/mol. The summed E-state index contributed by atoms with van der Waals surface area (Å²) in [6, 6.07) is 7.73. The molecule has 1 aromatic carbocycles. The molecule has 0 aliphatic heterocycles. The molecule has 0 fully saturated rings. The van der Waals surface area contributed by atoms with E-state index in [-0.39, 0.29) is 11.3 Å². The third kappa shape index (κ3) is 4.19. The first-order valence-corrected chi connectivity index (χ1v) is 6.65. The molecule has 0 spiro atoms. The maximum absolute atomic E-state index is 12.0. The minimum atomic E-state index is -0.108. The molecular formula is C15H20N4O. The van der Waals surface area contributed by atoms with Gasteiger partial charge in [-0.25, -0.2) is 4.98 Å². The SMILES string of the molecule is CC(C)(C)Cc1ccc(C(=O)NCc2ncn[nH]2)cc1. The Morgan fingerprint density at radius 3 is 2.50 bits per heavy atom. The van der Waals surface area contributed by atoms with Crippen LogP contribution >= 0.6 is 0 Å². The molecule has 0 aliphatic rings. The Bertz CT molecular complexity index is 553. The van der Waals surface area contributed by atoms with Gasteiger partial charge in [-0.15, -0.1) is 0 Å². The van der Waals surface area contributed by atoms with Crippen LogP contribution < -0.4 is 5.32 Å². The molecule has 0 saturated heterocycles. The van der Waals surface area contributed by atoms with Gasteiger partial charge in [0.05, 0.1) is 6.54 Å². The molecule has 106 valence electrons. The lowest BCUT2D eigenvalue weighted by Crippen LogP contribution is -2.23. The quantitative estimate of drug-likeness (QED) is 0.897. The fourth-order valence-electron chi connectivity index (χ4n) is 1.97. The van der Waals surface area contributed by atoms with E-state index in [0.717, 1.165) is 6.42 Å². The van der Waals surface area contributed by atoms with Crippen LogP contribution in [0.2, 0.25) is 0 Å². The number of rotatable bonds is 4. The molecule has 0 aliphatic carbocycles. The number of aromatic nitrogens is 3. The second kappa shape index (κ2) is 5.86. The van der Waals surface area contributed by atoms with Gasteiger partial charge in [0, 0.05) is 5.56 Å². The Morgan fingerprint density at radius 2 is 1.95 bits per heavy atom. The lowest BCUT2D eigenvalue weighted by molar-refractivity contribution is 0.0950. The molecule has 5 heteroatoms. The first kappa shape index (κ1) is 14.2. The summed E-state index contributed by atoms with van der Waals surface area (Å²) in [6.07, 6.45) is 2.41. The minimum absolute atomic E-state index is 0.108. The van der Waals surface area contributed by atoms with Gasteiger partial charge in [-0.3, -0.25) is 9.89 Å². The van der Waals surface area contributed by atoms with Gasteiger partial charge in [-0.2, -0.15) is 5.10 Å². The summed E-state index contributed by atoms with van der Waals surface area (Å²) in [5, 5.41) is 9.23. The zero-order chi connectivity index (χ0) is 14.6. The van der Waals surface area contributed by atoms with Crippen molar-refractivity contribution in [1.82, 2.24) is 20.5 Å². The third-order valence-corrected chi connectivity index (χ3v) is 2.83. The van der Waals surface area contributed by atoms with Gasteiger partial charge >= 0.3 is 0 Å². The van der Waals surface area contributed by atoms with Crippen molar-refractivity contribution in [2.24, 2.45) is 5.41 Å². The molecular weight excluding hydrogens is 252 g/mol. The standard InChI is InChI=1S/C15H20N4O/c1-15(2,3)8-11-4-6-12(7-5-11)14(20)16-9-13-17-10-18-19-13/h4-7,10H,8-9H2,1-3H3,(H,16,20)(H,17,18,19). The van der Waals surface area contributed by atoms with Crippen molar-refractivity contribution < 1.29 is 4.79 Å². The smallest absolute Gasteiger partial charge is 0.251 e. The summed E-state index contributed by atoms with van der Waals surface area (Å²) in [5.74, 6) is 0.534. The predicted molar refractivity (Wildman–Crippen MR) is 77.2 cm³/mol. The molecule has 1 amide bonds. The number of amides is 1. The van der Waals surface area contributed by atoms with Gasteiger partial charge in [0.1, 0.15) is 12.2 Å². The molecule has 0 atom stereocenters. The molecule has 1 heterocycles. The number of H-pyrrole nitrogens is 1. The second-order valence-corrected chi connectivity index (χ2v) is 6.05. The van der Waals surface area contributed by atoms with Crippen molar-refractivity contribution in [3.8, 4) is 0 Å². The molecule has 0 radical (unpaired) electrons. The Balaban J connectivity index is 1.93. The normalized spacial score (nSPS) is 11.3. The van der Waals surface area contributed by atoms with E-state index in [1.54, 1.807) is 0 Å². The zero-order valence-electron chi connectivity index (χ0n) is 12.1. The molecule has 5 nitrogen and oxygen atoms in total. The van der Waals surface area contributed by atoms with Crippen molar-refractivity contribution in [3.63, 3.8) is 0 Å². The number of nitrogens with one attached hydrogen (secondary N) is 2. The average Bonchev–Trinajstić information content (AvgIpc) is 2.88. The van der Waals surface area contributed by atoms with Crippen LogP contribution in [0.1, 0.15) is 42.5 Å². The highest BCUT2D eigenvalue weighted by atomic mass is 16.1. The van der Waals surface area contributed by atoms with Crippen molar-refractivity contribution in [3.05, 3.63) is 47.5 Å². The van der Waals surface area contributed by atoms with Gasteiger partial charge in [0.2, 0.25) is 0 Å². The van der Waals surface area contributed by atoms with Crippen LogP contribution in [-0.4, -0.2) is 21.1 Å². The lowest BCUT2D eigenvalue weighted by Gasteiger charge is -2.18. The topological polar surface area (TPSA) is 70.7 Å². The van der Waals surface area contributed by atoms with E-state index in [0.29, 0.717) is 17.9 Å². The van der Waals surface area contributed by atoms with E-state index >= 15 is 0 Å². The van der Waals surface area contributed by atoms with Crippen LogP contribution in [0.25, 0.3) is 0 Å². The van der Waals surface area contributed by atoms with Gasteiger partial charge in [0.25, 0.3) is 5.91 Å². The first-order valence-electron chi connectivity index (χ1n) is 6.65. The zero-order valence-corrected chi connectivity index (χ0v) is 12.1. The van der Waals surface area contributed by atoms with E-state index in [9.17, 15) is 4.79 Å². The van der Waals surface area contributed by atoms with Crippen LogP contribution in [0.15, 0.2) is 30.6 Å². The number of carbonyl (C=O) groups is 1. The van der Waals surface area contributed by atoms with Gasteiger partial charge in [-0.05, 0) is 29.5 Å². The number of benzene rings is 1. The maximum Gasteiger partial charge on any atom is 0.251 e. The number of hydrogen-bond donors (Lipinski definition) is 2. The Kier molecular flexibility index (Phi) is 4.17. The van der Waals surface area contributed by atoms with Crippen LogP contribution in [0, 0.1) is 5.41 Å². The molecule has 0 unspecified atom stereocenters. The van der Waals surface area contributed by atoms with Crippen LogP contribution in [0.5, 0.6) is 0 Å². The van der Waals surface area contributed by atoms with E-state index in [1.807, 2.05) is 24.3 Å². The third-order valence-electron chi connectivity index (χ3n) is 2.83. The van der Waals surface area contributed by atoms with E-state index in [2.05, 4.69) is 41.3 Å². The average molecular weight is 272 g/mol. The van der Waals surface area contributed by atoms with Crippen LogP contribution in [-0.2, 0) is 13.0 Å². The van der Waals surface area contributed by atoms with Gasteiger partial charge in [0.15, 0.2) is 0 Å². The number of hydrogen-bond acceptors (Lipinski definition) is 3. The van der Waals surface area contributed by atoms with Crippen molar-refractivity contribution in [2.75, 3.05) is 0 Å². The minimum Gasteiger partial charge on any atom is -0.345 e. The summed E-state index contributed by atoms with van der Waals surface area (Å²) in [4.78, 5) is 15.9. The fraction of sp³-hybridized carbons (Fsp3) is 0.400. The summed E-state index contributed by atoms with van der Waals surface area (Å²) in [6.45, 7) is 6.95. The molecule has 2 N–H and O–H groups in total. The molecule has 0 saturated carbocycles. The van der Waals surface area contributed by atoms with Gasteiger partial charge < -0.3 is 5.32 Å². The summed E-state index contributed by atoms with van der Waals surface area (Å²) < 4.78 is 0. The van der Waals surface area contributed by atoms with Crippen molar-refractivity contribution in [1.29, 1.82) is 0 Å². The second-order valence-electron chi connectivity index (χ2n) is 6.05. The Morgan fingerprint density at radius 1 is 1.25 bits per heavy atom. The molecule has 2 aromatic rings. The highest BCUT2D eigenvalue weighted by Crippen LogP contribution is 2.20. The van der Waals surface area contributed by atoms with Crippen molar-refractivity contribution in [2.45, 2.75) is 33.7 Å². The van der Waals surface area contributed by atoms with Crippen LogP contribution in [0.4, 0.5) is 0 Å². The maximum atomic E-state index is 12.0. The number of aromatic amines is 1. The highest BCUT2D eigenvalue weighted by Gasteiger charge is 2.12. The largest absolute Gasteiger partial charge is 0.345 e. The summed E-state index contributed by atoms with van der Waals surface area (Å²) in [7, 11) is 0. The Labute approximate surface area is 118 Å². The number of carbonyl (C=O) groups excluding carboxylic acids is 1. The Hall–Kier alpha value is -2.17. The molecule has 0 bridgehead atoms. The first-order chi connectivity index (χ1) is 9.44. The van der Waals surface area contributed by atoms with Crippen molar-refractivity contribution >= 4 is 5.91 Å². The highest BCUT2D eigenvalue weighted by molar-refractivity contribution is 5.94. The van der Waals surface area contributed by atoms with E-state index in [4.69, 9.17) is 0 Å². The lowest BCUT2D eigenvalue weighted by atomic mass is 9.88. The fourth-order valence-corrected chi connectivity index (χ4v) is 1.97. The summed E-state index contributed by atoms with van der Waals surface area (Å²) in [5.41, 5.74) is 2.14. The summed E-state index contributed by atoms with van der Waals surface area (Å²) >= 11 is 0. The number of nitrogens with zero attached hydrogens (tertiary/aromatic N) is 2. The van der Waals surface area contributed by atoms with E-state index < -0.39 is 0 Å². The van der Waals surface area contributed by atoms with E-state index in [1.165, 1.54) is 11.9 Å². The van der Waals surface area contributed by atoms with Gasteiger partial charge in [-0.1, -0.05) is 32.9 Å². The van der Waals surface area contributed by atoms with Crippen LogP contribution in [0.3, 0.4) is 0 Å². The molecule has 1 aromatic heterocycles. The molecule has 2 rings (SSSR count).